The number of carbonyl (C=O) groups is 2. The standard InChI is InChI=1S/C28H39N3O4S/c1-5-23-15-17-26(18-16-23)31(36(4,34)35)20-27(32)30(19-24-12-10-9-11-21(24)2)22(3)28(33)29-25-13-7-6-8-14-25/h9-12,15-18,22,25H,5-8,13-14,19-20H2,1-4H3,(H,29,33). The fourth-order valence-electron chi connectivity index (χ4n) is 4.63. The van der Waals surface area contributed by atoms with Gasteiger partial charge in [-0.15, -0.1) is 0 Å². The van der Waals surface area contributed by atoms with E-state index in [1.54, 1.807) is 19.1 Å². The monoisotopic (exact) mass is 513 g/mol. The number of nitrogens with one attached hydrogen (secondary N) is 1. The molecule has 7 nitrogen and oxygen atoms in total. The summed E-state index contributed by atoms with van der Waals surface area (Å²) in [5.41, 5.74) is 3.43. The number of aryl methyl sites for hydroxylation is 2. The summed E-state index contributed by atoms with van der Waals surface area (Å²) < 4.78 is 26.5. The highest BCUT2D eigenvalue weighted by molar-refractivity contribution is 7.92. The predicted molar refractivity (Wildman–Crippen MR) is 144 cm³/mol. The van der Waals surface area contributed by atoms with E-state index in [9.17, 15) is 18.0 Å². The van der Waals surface area contributed by atoms with Gasteiger partial charge in [0.1, 0.15) is 12.6 Å². The average Bonchev–Trinajstić information content (AvgIpc) is 2.86. The van der Waals surface area contributed by atoms with Gasteiger partial charge in [-0.3, -0.25) is 13.9 Å². The Morgan fingerprint density at radius 2 is 1.67 bits per heavy atom. The maximum Gasteiger partial charge on any atom is 0.244 e. The van der Waals surface area contributed by atoms with E-state index >= 15 is 0 Å². The van der Waals surface area contributed by atoms with Crippen molar-refractivity contribution < 1.29 is 18.0 Å². The molecule has 2 amide bonds. The number of nitrogens with zero attached hydrogens (tertiary/aromatic N) is 2. The van der Waals surface area contributed by atoms with Crippen LogP contribution >= 0.6 is 0 Å². The van der Waals surface area contributed by atoms with Gasteiger partial charge in [-0.25, -0.2) is 8.42 Å². The van der Waals surface area contributed by atoms with Crippen LogP contribution in [0.3, 0.4) is 0 Å². The lowest BCUT2D eigenvalue weighted by atomic mass is 9.95. The van der Waals surface area contributed by atoms with E-state index < -0.39 is 22.0 Å². The van der Waals surface area contributed by atoms with E-state index in [-0.39, 0.29) is 25.0 Å². The Labute approximate surface area is 215 Å². The smallest absolute Gasteiger partial charge is 0.244 e. The molecule has 1 fully saturated rings. The number of hydrogen-bond donors (Lipinski definition) is 1. The van der Waals surface area contributed by atoms with Crippen LogP contribution in [-0.2, 0) is 32.6 Å². The molecule has 8 heteroatoms. The van der Waals surface area contributed by atoms with E-state index in [0.717, 1.165) is 59.4 Å². The summed E-state index contributed by atoms with van der Waals surface area (Å²) in [7, 11) is -3.73. The largest absolute Gasteiger partial charge is 0.352 e. The summed E-state index contributed by atoms with van der Waals surface area (Å²) in [4.78, 5) is 28.4. The van der Waals surface area contributed by atoms with Crippen molar-refractivity contribution in [3.05, 3.63) is 65.2 Å². The van der Waals surface area contributed by atoms with Crippen LogP contribution in [0.2, 0.25) is 0 Å². The fraction of sp³-hybridized carbons (Fsp3) is 0.500. The number of anilines is 1. The zero-order chi connectivity index (χ0) is 26.3. The molecule has 1 aliphatic carbocycles. The molecule has 1 atom stereocenters. The van der Waals surface area contributed by atoms with E-state index in [1.165, 1.54) is 11.3 Å². The molecule has 0 saturated heterocycles. The van der Waals surface area contributed by atoms with Crippen LogP contribution in [-0.4, -0.2) is 50.0 Å². The van der Waals surface area contributed by atoms with Crippen LogP contribution in [0.15, 0.2) is 48.5 Å². The zero-order valence-electron chi connectivity index (χ0n) is 21.9. The first-order valence-electron chi connectivity index (χ1n) is 12.8. The second kappa shape index (κ2) is 12.4. The minimum atomic E-state index is -3.73. The van der Waals surface area contributed by atoms with Crippen molar-refractivity contribution in [2.75, 3.05) is 17.1 Å². The van der Waals surface area contributed by atoms with Crippen molar-refractivity contribution >= 4 is 27.5 Å². The SMILES string of the molecule is CCc1ccc(N(CC(=O)N(Cc2ccccc2C)C(C)C(=O)NC2CCCCC2)S(C)(=O)=O)cc1. The van der Waals surface area contributed by atoms with Gasteiger partial charge >= 0.3 is 0 Å². The number of amides is 2. The third-order valence-electron chi connectivity index (χ3n) is 7.03. The quantitative estimate of drug-likeness (QED) is 0.516. The van der Waals surface area contributed by atoms with Crippen LogP contribution in [0, 0.1) is 6.92 Å². The topological polar surface area (TPSA) is 86.8 Å². The van der Waals surface area contributed by atoms with Gasteiger partial charge in [-0.1, -0.05) is 62.6 Å². The number of benzene rings is 2. The van der Waals surface area contributed by atoms with Gasteiger partial charge in [-0.2, -0.15) is 0 Å². The Morgan fingerprint density at radius 1 is 1.03 bits per heavy atom. The van der Waals surface area contributed by atoms with Crippen molar-refractivity contribution in [1.29, 1.82) is 0 Å². The molecular weight excluding hydrogens is 474 g/mol. The van der Waals surface area contributed by atoms with Gasteiger partial charge < -0.3 is 10.2 Å². The molecule has 1 saturated carbocycles. The normalized spacial score (nSPS) is 15.2. The van der Waals surface area contributed by atoms with Gasteiger partial charge in [-0.05, 0) is 61.9 Å². The molecule has 2 aromatic rings. The number of hydrogen-bond acceptors (Lipinski definition) is 4. The number of sulfonamides is 1. The molecule has 36 heavy (non-hydrogen) atoms. The highest BCUT2D eigenvalue weighted by Gasteiger charge is 2.31. The predicted octanol–water partition coefficient (Wildman–Crippen LogP) is 4.19. The first-order chi connectivity index (χ1) is 17.1. The summed E-state index contributed by atoms with van der Waals surface area (Å²) in [6.07, 6.45) is 7.17. The number of rotatable bonds is 10. The molecule has 1 unspecified atom stereocenters. The Bertz CT molecular complexity index is 1140. The average molecular weight is 514 g/mol. The van der Waals surface area contributed by atoms with Crippen LogP contribution in [0.4, 0.5) is 5.69 Å². The van der Waals surface area contributed by atoms with Gasteiger partial charge in [0.15, 0.2) is 0 Å². The maximum absolute atomic E-state index is 13.7. The Hall–Kier alpha value is -2.87. The summed E-state index contributed by atoms with van der Waals surface area (Å²) in [6, 6.07) is 14.3. The summed E-state index contributed by atoms with van der Waals surface area (Å²) in [6.45, 7) is 5.54. The van der Waals surface area contributed by atoms with Gasteiger partial charge in [0.25, 0.3) is 0 Å². The summed E-state index contributed by atoms with van der Waals surface area (Å²) >= 11 is 0. The van der Waals surface area contributed by atoms with Crippen LogP contribution < -0.4 is 9.62 Å². The lowest BCUT2D eigenvalue weighted by Crippen LogP contribution is -2.53. The van der Waals surface area contributed by atoms with Gasteiger partial charge in [0.05, 0.1) is 11.9 Å². The number of carbonyl (C=O) groups excluding carboxylic acids is 2. The third-order valence-corrected chi connectivity index (χ3v) is 8.17. The second-order valence-corrected chi connectivity index (χ2v) is 11.7. The summed E-state index contributed by atoms with van der Waals surface area (Å²) in [5.74, 6) is -0.628. The Balaban J connectivity index is 1.87. The lowest BCUT2D eigenvalue weighted by molar-refractivity contribution is -0.139. The molecule has 0 bridgehead atoms. The van der Waals surface area contributed by atoms with Crippen molar-refractivity contribution in [3.8, 4) is 0 Å². The van der Waals surface area contributed by atoms with Gasteiger partial charge in [0, 0.05) is 12.6 Å². The first kappa shape index (κ1) is 27.7. The van der Waals surface area contributed by atoms with E-state index in [0.29, 0.717) is 5.69 Å². The first-order valence-corrected chi connectivity index (χ1v) is 14.7. The zero-order valence-corrected chi connectivity index (χ0v) is 22.7. The molecule has 0 heterocycles. The van der Waals surface area contributed by atoms with Crippen molar-refractivity contribution in [1.82, 2.24) is 10.2 Å². The van der Waals surface area contributed by atoms with Crippen molar-refractivity contribution in [2.45, 2.75) is 77.9 Å². The van der Waals surface area contributed by atoms with Crippen molar-refractivity contribution in [2.24, 2.45) is 0 Å². The highest BCUT2D eigenvalue weighted by Crippen LogP contribution is 2.22. The Morgan fingerprint density at radius 3 is 2.25 bits per heavy atom. The molecule has 1 N–H and O–H groups in total. The van der Waals surface area contributed by atoms with E-state index in [2.05, 4.69) is 5.32 Å². The molecule has 2 aromatic carbocycles. The highest BCUT2D eigenvalue weighted by atomic mass is 32.2. The van der Waals surface area contributed by atoms with Crippen LogP contribution in [0.25, 0.3) is 0 Å². The third kappa shape index (κ3) is 7.32. The molecular formula is C28H39N3O4S. The fourth-order valence-corrected chi connectivity index (χ4v) is 5.48. The molecule has 0 aromatic heterocycles. The maximum atomic E-state index is 13.7. The van der Waals surface area contributed by atoms with Crippen LogP contribution in [0.1, 0.15) is 62.6 Å². The molecule has 0 spiro atoms. The van der Waals surface area contributed by atoms with Crippen LogP contribution in [0.5, 0.6) is 0 Å². The minimum Gasteiger partial charge on any atom is -0.352 e. The molecule has 196 valence electrons. The summed E-state index contributed by atoms with van der Waals surface area (Å²) in [5, 5.41) is 3.12. The molecule has 0 aliphatic heterocycles. The Kier molecular flexibility index (Phi) is 9.54. The lowest BCUT2D eigenvalue weighted by Gasteiger charge is -2.33. The molecule has 0 radical (unpaired) electrons. The second-order valence-electron chi connectivity index (χ2n) is 9.76. The molecule has 3 rings (SSSR count). The van der Waals surface area contributed by atoms with Gasteiger partial charge in [0.2, 0.25) is 21.8 Å². The van der Waals surface area contributed by atoms with E-state index in [1.807, 2.05) is 50.2 Å². The molecule has 1 aliphatic rings. The van der Waals surface area contributed by atoms with Crippen molar-refractivity contribution in [3.63, 3.8) is 0 Å². The minimum absolute atomic E-state index is 0.119. The van der Waals surface area contributed by atoms with E-state index in [4.69, 9.17) is 0 Å².